The van der Waals surface area contributed by atoms with Crippen LogP contribution in [0.1, 0.15) is 0 Å². The summed E-state index contributed by atoms with van der Waals surface area (Å²) in [6.07, 6.45) is 4.03. The van der Waals surface area contributed by atoms with Gasteiger partial charge in [-0.15, -0.1) is 0 Å². The summed E-state index contributed by atoms with van der Waals surface area (Å²) < 4.78 is 0. The Bertz CT molecular complexity index is 254. The van der Waals surface area contributed by atoms with Crippen LogP contribution in [0, 0.1) is 0 Å². The number of hydrogen-bond donors (Lipinski definition) is 1. The van der Waals surface area contributed by atoms with Gasteiger partial charge >= 0.3 is 0 Å². The smallest absolute Gasteiger partial charge is 0.142 e. The second-order valence-corrected chi connectivity index (χ2v) is 2.31. The van der Waals surface area contributed by atoms with E-state index >= 15 is 0 Å². The van der Waals surface area contributed by atoms with Crippen LogP contribution in [0.25, 0.3) is 0 Å². The molecule has 0 heterocycles. The highest BCUT2D eigenvalue weighted by Gasteiger charge is 1.83. The molecular formula is C10H11NO. The summed E-state index contributed by atoms with van der Waals surface area (Å²) in [5.41, 5.74) is 1.06. The van der Waals surface area contributed by atoms with Crippen LogP contribution in [-0.4, -0.2) is 12.8 Å². The van der Waals surface area contributed by atoms with Crippen molar-refractivity contribution in [2.75, 3.05) is 11.9 Å². The van der Waals surface area contributed by atoms with Crippen molar-refractivity contribution in [1.82, 2.24) is 0 Å². The third kappa shape index (κ3) is 3.01. The number of anilines is 1. The Morgan fingerprint density at radius 1 is 1.25 bits per heavy atom. The average Bonchev–Trinajstić information content (AvgIpc) is 2.14. The molecule has 0 fully saturated rings. The molecule has 0 unspecified atom stereocenters. The van der Waals surface area contributed by atoms with E-state index in [1.54, 1.807) is 6.08 Å². The maximum atomic E-state index is 9.90. The number of rotatable bonds is 4. The maximum absolute atomic E-state index is 9.90. The van der Waals surface area contributed by atoms with Crippen LogP contribution in [0.4, 0.5) is 5.69 Å². The molecule has 0 aliphatic rings. The SMILES string of the molecule is O=CC=CCNc1ccccc1. The van der Waals surface area contributed by atoms with Crippen molar-refractivity contribution in [3.05, 3.63) is 42.5 Å². The van der Waals surface area contributed by atoms with E-state index in [-0.39, 0.29) is 0 Å². The van der Waals surface area contributed by atoms with Gasteiger partial charge in [0.15, 0.2) is 0 Å². The zero-order valence-corrected chi connectivity index (χ0v) is 6.73. The molecule has 0 amide bonds. The van der Waals surface area contributed by atoms with Crippen molar-refractivity contribution in [1.29, 1.82) is 0 Å². The fraction of sp³-hybridized carbons (Fsp3) is 0.100. The summed E-state index contributed by atoms with van der Waals surface area (Å²) in [5, 5.41) is 3.13. The minimum absolute atomic E-state index is 0.683. The van der Waals surface area contributed by atoms with Gasteiger partial charge in [-0.2, -0.15) is 0 Å². The van der Waals surface area contributed by atoms with Crippen LogP contribution in [0.5, 0.6) is 0 Å². The van der Waals surface area contributed by atoms with E-state index in [1.807, 2.05) is 30.3 Å². The van der Waals surface area contributed by atoms with E-state index in [9.17, 15) is 4.79 Å². The zero-order chi connectivity index (χ0) is 8.65. The van der Waals surface area contributed by atoms with Crippen molar-refractivity contribution in [2.24, 2.45) is 0 Å². The van der Waals surface area contributed by atoms with Crippen LogP contribution in [-0.2, 0) is 4.79 Å². The first-order valence-electron chi connectivity index (χ1n) is 3.82. The number of carbonyl (C=O) groups is 1. The third-order valence-corrected chi connectivity index (χ3v) is 1.41. The lowest BCUT2D eigenvalue weighted by molar-refractivity contribution is -0.104. The van der Waals surface area contributed by atoms with Crippen molar-refractivity contribution < 1.29 is 4.79 Å². The van der Waals surface area contributed by atoms with Crippen LogP contribution in [0.3, 0.4) is 0 Å². The van der Waals surface area contributed by atoms with Gasteiger partial charge in [-0.25, -0.2) is 0 Å². The van der Waals surface area contributed by atoms with Gasteiger partial charge in [0.1, 0.15) is 6.29 Å². The van der Waals surface area contributed by atoms with Crippen molar-refractivity contribution in [3.63, 3.8) is 0 Å². The highest BCUT2D eigenvalue weighted by molar-refractivity contribution is 5.64. The highest BCUT2D eigenvalue weighted by Crippen LogP contribution is 2.03. The Hall–Kier alpha value is -1.57. The van der Waals surface area contributed by atoms with E-state index in [1.165, 1.54) is 6.08 Å². The average molecular weight is 161 g/mol. The fourth-order valence-corrected chi connectivity index (χ4v) is 0.856. The number of allylic oxidation sites excluding steroid dienone is 1. The zero-order valence-electron chi connectivity index (χ0n) is 6.73. The highest BCUT2D eigenvalue weighted by atomic mass is 16.1. The minimum Gasteiger partial charge on any atom is -0.382 e. The molecule has 62 valence electrons. The second-order valence-electron chi connectivity index (χ2n) is 2.31. The molecule has 1 rings (SSSR count). The first-order chi connectivity index (χ1) is 5.93. The van der Waals surface area contributed by atoms with Crippen LogP contribution < -0.4 is 5.32 Å². The lowest BCUT2D eigenvalue weighted by Gasteiger charge is -2.00. The number of benzene rings is 1. The van der Waals surface area contributed by atoms with Crippen LogP contribution >= 0.6 is 0 Å². The Balaban J connectivity index is 2.33. The molecule has 0 spiro atoms. The topological polar surface area (TPSA) is 29.1 Å². The Kier molecular flexibility index (Phi) is 3.64. The molecular weight excluding hydrogens is 150 g/mol. The molecule has 0 saturated heterocycles. The van der Waals surface area contributed by atoms with Gasteiger partial charge in [-0.05, 0) is 18.2 Å². The number of para-hydroxylation sites is 1. The quantitative estimate of drug-likeness (QED) is 0.539. The van der Waals surface area contributed by atoms with Gasteiger partial charge in [0.2, 0.25) is 0 Å². The first-order valence-corrected chi connectivity index (χ1v) is 3.82. The maximum Gasteiger partial charge on any atom is 0.142 e. The Morgan fingerprint density at radius 3 is 2.67 bits per heavy atom. The molecule has 0 saturated carbocycles. The summed E-state index contributed by atoms with van der Waals surface area (Å²) >= 11 is 0. The second kappa shape index (κ2) is 5.13. The summed E-state index contributed by atoms with van der Waals surface area (Å²) in [6, 6.07) is 9.85. The Morgan fingerprint density at radius 2 is 2.00 bits per heavy atom. The molecule has 0 radical (unpaired) electrons. The molecule has 1 aromatic carbocycles. The molecule has 0 bridgehead atoms. The largest absolute Gasteiger partial charge is 0.382 e. The lowest BCUT2D eigenvalue weighted by atomic mass is 10.3. The van der Waals surface area contributed by atoms with E-state index in [0.717, 1.165) is 12.0 Å². The van der Waals surface area contributed by atoms with Crippen LogP contribution in [0.2, 0.25) is 0 Å². The molecule has 12 heavy (non-hydrogen) atoms. The van der Waals surface area contributed by atoms with Crippen molar-refractivity contribution in [3.8, 4) is 0 Å². The van der Waals surface area contributed by atoms with Gasteiger partial charge in [0.25, 0.3) is 0 Å². The number of nitrogens with one attached hydrogen (secondary N) is 1. The number of aldehydes is 1. The fourth-order valence-electron chi connectivity index (χ4n) is 0.856. The van der Waals surface area contributed by atoms with Crippen molar-refractivity contribution in [2.45, 2.75) is 0 Å². The van der Waals surface area contributed by atoms with Gasteiger partial charge in [-0.3, -0.25) is 4.79 Å². The molecule has 2 heteroatoms. The third-order valence-electron chi connectivity index (χ3n) is 1.41. The molecule has 1 N–H and O–H groups in total. The van der Waals surface area contributed by atoms with E-state index in [0.29, 0.717) is 6.54 Å². The summed E-state index contributed by atoms with van der Waals surface area (Å²) in [7, 11) is 0. The van der Waals surface area contributed by atoms with E-state index < -0.39 is 0 Å². The molecule has 0 atom stereocenters. The van der Waals surface area contributed by atoms with Gasteiger partial charge in [0.05, 0.1) is 0 Å². The lowest BCUT2D eigenvalue weighted by Crippen LogP contribution is -1.97. The summed E-state index contributed by atoms with van der Waals surface area (Å²) in [4.78, 5) is 9.90. The molecule has 0 aliphatic heterocycles. The number of hydrogen-bond acceptors (Lipinski definition) is 2. The predicted octanol–water partition coefficient (Wildman–Crippen LogP) is 1.85. The summed E-state index contributed by atoms with van der Waals surface area (Å²) in [5.74, 6) is 0. The molecule has 1 aromatic rings. The number of carbonyl (C=O) groups excluding carboxylic acids is 1. The summed E-state index contributed by atoms with van der Waals surface area (Å²) in [6.45, 7) is 0.683. The van der Waals surface area contributed by atoms with Crippen molar-refractivity contribution >= 4 is 12.0 Å². The molecule has 0 aliphatic carbocycles. The predicted molar refractivity (Wildman–Crippen MR) is 50.1 cm³/mol. The standard InChI is InChI=1S/C10H11NO/c12-9-5-4-8-11-10-6-2-1-3-7-10/h1-7,9,11H,8H2. The minimum atomic E-state index is 0.683. The monoisotopic (exact) mass is 161 g/mol. The first kappa shape index (κ1) is 8.53. The van der Waals surface area contributed by atoms with Gasteiger partial charge < -0.3 is 5.32 Å². The molecule has 2 nitrogen and oxygen atoms in total. The van der Waals surface area contributed by atoms with E-state index in [4.69, 9.17) is 0 Å². The Labute approximate surface area is 71.9 Å². The van der Waals surface area contributed by atoms with Gasteiger partial charge in [-0.1, -0.05) is 24.3 Å². The van der Waals surface area contributed by atoms with E-state index in [2.05, 4.69) is 5.32 Å². The van der Waals surface area contributed by atoms with Gasteiger partial charge in [0, 0.05) is 12.2 Å². The van der Waals surface area contributed by atoms with Crippen LogP contribution in [0.15, 0.2) is 42.5 Å². The normalized spacial score (nSPS) is 10.0. The molecule has 0 aromatic heterocycles.